The van der Waals surface area contributed by atoms with Crippen LogP contribution in [-0.4, -0.2) is 40.6 Å². The minimum atomic E-state index is -0.184. The zero-order valence-electron chi connectivity index (χ0n) is 11.2. The van der Waals surface area contributed by atoms with Gasteiger partial charge in [0.25, 0.3) is 0 Å². The maximum absolute atomic E-state index is 12.0. The summed E-state index contributed by atoms with van der Waals surface area (Å²) in [4.78, 5) is 19.0. The Labute approximate surface area is 130 Å². The summed E-state index contributed by atoms with van der Waals surface area (Å²) >= 11 is 8.88. The van der Waals surface area contributed by atoms with Gasteiger partial charge in [0.05, 0.1) is 34.0 Å². The summed E-state index contributed by atoms with van der Waals surface area (Å²) in [6, 6.07) is 3.58. The Morgan fingerprint density at radius 1 is 1.55 bits per heavy atom. The SMILES string of the molecule is CC(CO)N(C)C(=O)Cc1csc(-c2ccc(Cl)s2)n1. The zero-order valence-corrected chi connectivity index (χ0v) is 13.6. The Morgan fingerprint density at radius 3 is 2.90 bits per heavy atom. The maximum atomic E-state index is 12.0. The highest BCUT2D eigenvalue weighted by molar-refractivity contribution is 7.23. The van der Waals surface area contributed by atoms with Crippen LogP contribution in [0, 0.1) is 0 Å². The molecule has 2 rings (SSSR count). The fourth-order valence-corrected chi connectivity index (χ4v) is 3.51. The normalized spacial score (nSPS) is 12.4. The number of likely N-dealkylation sites (N-methyl/N-ethyl adjacent to an activating group) is 1. The molecule has 0 aliphatic rings. The van der Waals surface area contributed by atoms with Crippen molar-refractivity contribution in [1.29, 1.82) is 0 Å². The standard InChI is InChI=1S/C13H15ClN2O2S2/c1-8(6-17)16(2)12(18)5-9-7-19-13(15-9)10-3-4-11(14)20-10/h3-4,7-8,17H,5-6H2,1-2H3. The first-order chi connectivity index (χ1) is 9.51. The molecule has 2 aromatic heterocycles. The van der Waals surface area contributed by atoms with Crippen molar-refractivity contribution >= 4 is 40.2 Å². The molecule has 0 saturated carbocycles. The molecule has 2 aromatic rings. The summed E-state index contributed by atoms with van der Waals surface area (Å²) in [5, 5.41) is 11.8. The lowest BCUT2D eigenvalue weighted by atomic mass is 10.2. The third-order valence-electron chi connectivity index (χ3n) is 2.99. The van der Waals surface area contributed by atoms with Crippen molar-refractivity contribution in [1.82, 2.24) is 9.88 Å². The molecule has 0 spiro atoms. The summed E-state index contributed by atoms with van der Waals surface area (Å²) < 4.78 is 0.726. The van der Waals surface area contributed by atoms with Crippen LogP contribution in [0.1, 0.15) is 12.6 Å². The molecular weight excluding hydrogens is 316 g/mol. The lowest BCUT2D eigenvalue weighted by Gasteiger charge is -2.22. The Hall–Kier alpha value is -0.950. The molecule has 0 aliphatic carbocycles. The minimum Gasteiger partial charge on any atom is -0.394 e. The van der Waals surface area contributed by atoms with E-state index in [0.717, 1.165) is 19.9 Å². The fourth-order valence-electron chi connectivity index (χ4n) is 1.58. The number of aliphatic hydroxyl groups is 1. The van der Waals surface area contributed by atoms with E-state index in [4.69, 9.17) is 16.7 Å². The number of aliphatic hydroxyl groups excluding tert-OH is 1. The molecule has 7 heteroatoms. The summed E-state index contributed by atoms with van der Waals surface area (Å²) in [6.07, 6.45) is 0.246. The van der Waals surface area contributed by atoms with Crippen molar-refractivity contribution in [2.45, 2.75) is 19.4 Å². The fraction of sp³-hybridized carbons (Fsp3) is 0.385. The third-order valence-corrected chi connectivity index (χ3v) is 5.28. The highest BCUT2D eigenvalue weighted by atomic mass is 35.5. The van der Waals surface area contributed by atoms with Gasteiger partial charge in [-0.1, -0.05) is 11.6 Å². The topological polar surface area (TPSA) is 53.4 Å². The largest absolute Gasteiger partial charge is 0.394 e. The second-order valence-electron chi connectivity index (χ2n) is 4.46. The van der Waals surface area contributed by atoms with E-state index >= 15 is 0 Å². The van der Waals surface area contributed by atoms with Crippen molar-refractivity contribution in [2.24, 2.45) is 0 Å². The summed E-state index contributed by atoms with van der Waals surface area (Å²) in [6.45, 7) is 1.76. The van der Waals surface area contributed by atoms with Crippen molar-refractivity contribution < 1.29 is 9.90 Å². The van der Waals surface area contributed by atoms with Gasteiger partial charge in [0, 0.05) is 12.4 Å². The second-order valence-corrected chi connectivity index (χ2v) is 7.03. The second kappa shape index (κ2) is 6.67. The van der Waals surface area contributed by atoms with Crippen LogP contribution < -0.4 is 0 Å². The molecule has 2 heterocycles. The van der Waals surface area contributed by atoms with Crippen molar-refractivity contribution in [2.75, 3.05) is 13.7 Å². The first-order valence-corrected chi connectivity index (χ1v) is 8.15. The number of nitrogens with zero attached hydrogens (tertiary/aromatic N) is 2. The van der Waals surface area contributed by atoms with Gasteiger partial charge in [-0.3, -0.25) is 4.79 Å². The number of thiophene rings is 1. The van der Waals surface area contributed by atoms with E-state index in [1.165, 1.54) is 22.7 Å². The van der Waals surface area contributed by atoms with Crippen LogP contribution in [0.3, 0.4) is 0 Å². The van der Waals surface area contributed by atoms with Crippen LogP contribution >= 0.6 is 34.3 Å². The van der Waals surface area contributed by atoms with Crippen LogP contribution in [0.25, 0.3) is 9.88 Å². The number of amides is 1. The van der Waals surface area contributed by atoms with Crippen molar-refractivity contribution in [3.05, 3.63) is 27.5 Å². The van der Waals surface area contributed by atoms with E-state index in [2.05, 4.69) is 4.98 Å². The number of halogens is 1. The molecule has 1 unspecified atom stereocenters. The Morgan fingerprint density at radius 2 is 2.30 bits per heavy atom. The number of rotatable bonds is 5. The average molecular weight is 331 g/mol. The van der Waals surface area contributed by atoms with Crippen LogP contribution in [-0.2, 0) is 11.2 Å². The molecule has 0 saturated heterocycles. The van der Waals surface area contributed by atoms with E-state index in [1.807, 2.05) is 17.5 Å². The third kappa shape index (κ3) is 3.58. The van der Waals surface area contributed by atoms with Gasteiger partial charge in [-0.15, -0.1) is 22.7 Å². The van der Waals surface area contributed by atoms with E-state index in [0.29, 0.717) is 0 Å². The molecule has 0 radical (unpaired) electrons. The first kappa shape index (κ1) is 15.4. The molecule has 4 nitrogen and oxygen atoms in total. The molecule has 1 atom stereocenters. The van der Waals surface area contributed by atoms with Crippen LogP contribution in [0.5, 0.6) is 0 Å². The number of carbonyl (C=O) groups excluding carboxylic acids is 1. The van der Waals surface area contributed by atoms with Crippen molar-refractivity contribution in [3.63, 3.8) is 0 Å². The number of aromatic nitrogens is 1. The van der Waals surface area contributed by atoms with Crippen molar-refractivity contribution in [3.8, 4) is 9.88 Å². The number of hydrogen-bond acceptors (Lipinski definition) is 5. The summed E-state index contributed by atoms with van der Waals surface area (Å²) in [7, 11) is 1.69. The number of hydrogen-bond donors (Lipinski definition) is 1. The Bertz CT molecular complexity index is 597. The van der Waals surface area contributed by atoms with Gasteiger partial charge in [-0.2, -0.15) is 0 Å². The molecule has 0 aromatic carbocycles. The Balaban J connectivity index is 2.05. The predicted octanol–water partition coefficient (Wildman–Crippen LogP) is 2.91. The van der Waals surface area contributed by atoms with E-state index in [9.17, 15) is 4.79 Å². The van der Waals surface area contributed by atoms with Gasteiger partial charge in [-0.25, -0.2) is 4.98 Å². The molecule has 0 bridgehead atoms. The van der Waals surface area contributed by atoms with Crippen LogP contribution in [0.15, 0.2) is 17.5 Å². The van der Waals surface area contributed by atoms with Gasteiger partial charge >= 0.3 is 0 Å². The quantitative estimate of drug-likeness (QED) is 0.917. The lowest BCUT2D eigenvalue weighted by Crippen LogP contribution is -2.38. The van der Waals surface area contributed by atoms with Gasteiger partial charge in [0.15, 0.2) is 0 Å². The summed E-state index contributed by atoms with van der Waals surface area (Å²) in [5.41, 5.74) is 0.747. The number of carbonyl (C=O) groups is 1. The van der Waals surface area contributed by atoms with E-state index in [-0.39, 0.29) is 25.0 Å². The van der Waals surface area contributed by atoms with Gasteiger partial charge in [0.1, 0.15) is 5.01 Å². The monoisotopic (exact) mass is 330 g/mol. The van der Waals surface area contributed by atoms with E-state index < -0.39 is 0 Å². The molecule has 0 aliphatic heterocycles. The highest BCUT2D eigenvalue weighted by Crippen LogP contribution is 2.33. The molecule has 1 N–H and O–H groups in total. The smallest absolute Gasteiger partial charge is 0.228 e. The molecule has 0 fully saturated rings. The molecule has 1 amide bonds. The lowest BCUT2D eigenvalue weighted by molar-refractivity contribution is -0.131. The van der Waals surface area contributed by atoms with Crippen LogP contribution in [0.4, 0.5) is 0 Å². The molecule has 108 valence electrons. The highest BCUT2D eigenvalue weighted by Gasteiger charge is 2.17. The predicted molar refractivity (Wildman–Crippen MR) is 83.5 cm³/mol. The zero-order chi connectivity index (χ0) is 14.7. The number of thiazole rings is 1. The first-order valence-electron chi connectivity index (χ1n) is 6.08. The maximum Gasteiger partial charge on any atom is 0.228 e. The minimum absolute atomic E-state index is 0.0434. The molecule has 20 heavy (non-hydrogen) atoms. The molecular formula is C13H15ClN2O2S2. The van der Waals surface area contributed by atoms with Gasteiger partial charge in [-0.05, 0) is 19.1 Å². The van der Waals surface area contributed by atoms with E-state index in [1.54, 1.807) is 18.9 Å². The van der Waals surface area contributed by atoms with Crippen LogP contribution in [0.2, 0.25) is 4.34 Å². The Kier molecular flexibility index (Phi) is 5.15. The summed E-state index contributed by atoms with van der Waals surface area (Å²) in [5.74, 6) is -0.0485. The average Bonchev–Trinajstić information content (AvgIpc) is 3.05. The van der Waals surface area contributed by atoms with Gasteiger partial charge in [0.2, 0.25) is 5.91 Å². The van der Waals surface area contributed by atoms with Gasteiger partial charge < -0.3 is 10.0 Å².